The van der Waals surface area contributed by atoms with Gasteiger partial charge in [0.2, 0.25) is 0 Å². The maximum absolute atomic E-state index is 10.2. The van der Waals surface area contributed by atoms with Crippen molar-refractivity contribution >= 4 is 11.3 Å². The SMILES string of the molecule is Oc1ccc(-c2cc(-c3ccccc3O)cc(-c3cccs3)n2)cc1. The van der Waals surface area contributed by atoms with Gasteiger partial charge >= 0.3 is 0 Å². The Morgan fingerprint density at radius 1 is 0.720 bits per heavy atom. The van der Waals surface area contributed by atoms with E-state index >= 15 is 0 Å². The predicted molar refractivity (Wildman–Crippen MR) is 102 cm³/mol. The van der Waals surface area contributed by atoms with E-state index in [9.17, 15) is 10.2 Å². The van der Waals surface area contributed by atoms with Crippen molar-refractivity contribution in [3.8, 4) is 44.5 Å². The zero-order chi connectivity index (χ0) is 17.2. The molecule has 0 unspecified atom stereocenters. The van der Waals surface area contributed by atoms with Gasteiger partial charge in [-0.05, 0) is 59.5 Å². The van der Waals surface area contributed by atoms with Crippen molar-refractivity contribution in [2.75, 3.05) is 0 Å². The maximum atomic E-state index is 10.2. The molecule has 0 radical (unpaired) electrons. The van der Waals surface area contributed by atoms with Crippen LogP contribution >= 0.6 is 11.3 Å². The van der Waals surface area contributed by atoms with Crippen LogP contribution in [-0.4, -0.2) is 15.2 Å². The van der Waals surface area contributed by atoms with E-state index in [1.807, 2.05) is 53.9 Å². The van der Waals surface area contributed by atoms with E-state index in [2.05, 4.69) is 0 Å². The molecule has 2 aromatic heterocycles. The number of phenolic OH excluding ortho intramolecular Hbond substituents is 2. The molecule has 2 heterocycles. The van der Waals surface area contributed by atoms with Crippen LogP contribution in [0.5, 0.6) is 11.5 Å². The molecule has 0 aliphatic rings. The van der Waals surface area contributed by atoms with Gasteiger partial charge in [-0.15, -0.1) is 11.3 Å². The number of nitrogens with zero attached hydrogens (tertiary/aromatic N) is 1. The van der Waals surface area contributed by atoms with Gasteiger partial charge in [0.15, 0.2) is 0 Å². The van der Waals surface area contributed by atoms with Crippen molar-refractivity contribution in [3.63, 3.8) is 0 Å². The molecule has 0 spiro atoms. The van der Waals surface area contributed by atoms with E-state index in [0.29, 0.717) is 0 Å². The summed E-state index contributed by atoms with van der Waals surface area (Å²) in [6.07, 6.45) is 0. The quantitative estimate of drug-likeness (QED) is 0.511. The topological polar surface area (TPSA) is 53.4 Å². The molecule has 2 aromatic carbocycles. The highest BCUT2D eigenvalue weighted by Gasteiger charge is 2.11. The molecule has 4 aromatic rings. The van der Waals surface area contributed by atoms with Crippen LogP contribution in [0.4, 0.5) is 0 Å². The second-order valence-corrected chi connectivity index (χ2v) is 6.62. The highest BCUT2D eigenvalue weighted by molar-refractivity contribution is 7.13. The second-order valence-electron chi connectivity index (χ2n) is 5.67. The number of hydrogen-bond acceptors (Lipinski definition) is 4. The normalized spacial score (nSPS) is 10.7. The number of phenols is 2. The molecule has 0 aliphatic heterocycles. The Balaban J connectivity index is 1.92. The Hall–Kier alpha value is -3.11. The molecule has 122 valence electrons. The van der Waals surface area contributed by atoms with Gasteiger partial charge in [-0.25, -0.2) is 4.98 Å². The zero-order valence-electron chi connectivity index (χ0n) is 13.3. The summed E-state index contributed by atoms with van der Waals surface area (Å²) >= 11 is 1.63. The third-order valence-electron chi connectivity index (χ3n) is 3.98. The van der Waals surface area contributed by atoms with Crippen LogP contribution in [-0.2, 0) is 0 Å². The first kappa shape index (κ1) is 15.4. The monoisotopic (exact) mass is 345 g/mol. The number of rotatable bonds is 3. The van der Waals surface area contributed by atoms with Crippen LogP contribution in [0, 0.1) is 0 Å². The number of thiophene rings is 1. The first-order chi connectivity index (χ1) is 12.2. The van der Waals surface area contributed by atoms with Crippen LogP contribution in [0.1, 0.15) is 0 Å². The average molecular weight is 345 g/mol. The summed E-state index contributed by atoms with van der Waals surface area (Å²) in [6, 6.07) is 22.2. The van der Waals surface area contributed by atoms with Crippen molar-refractivity contribution in [2.24, 2.45) is 0 Å². The van der Waals surface area contributed by atoms with Gasteiger partial charge in [0, 0.05) is 11.1 Å². The largest absolute Gasteiger partial charge is 0.508 e. The second kappa shape index (κ2) is 6.42. The summed E-state index contributed by atoms with van der Waals surface area (Å²) in [5.41, 5.74) is 4.23. The van der Waals surface area contributed by atoms with Gasteiger partial charge in [0.05, 0.1) is 16.3 Å². The Kier molecular flexibility index (Phi) is 3.96. The molecule has 2 N–H and O–H groups in total. The van der Waals surface area contributed by atoms with Crippen LogP contribution in [0.2, 0.25) is 0 Å². The molecule has 0 aliphatic carbocycles. The fourth-order valence-electron chi connectivity index (χ4n) is 2.73. The molecule has 3 nitrogen and oxygen atoms in total. The van der Waals surface area contributed by atoms with Gasteiger partial charge in [0.25, 0.3) is 0 Å². The molecular formula is C21H15NO2S. The third kappa shape index (κ3) is 3.12. The summed E-state index contributed by atoms with van der Waals surface area (Å²) in [6.45, 7) is 0. The Labute approximate surface area is 149 Å². The van der Waals surface area contributed by atoms with Gasteiger partial charge in [-0.3, -0.25) is 0 Å². The minimum atomic E-state index is 0.221. The molecular weight excluding hydrogens is 330 g/mol. The van der Waals surface area contributed by atoms with Crippen molar-refractivity contribution in [2.45, 2.75) is 0 Å². The van der Waals surface area contributed by atoms with Crippen molar-refractivity contribution < 1.29 is 10.2 Å². The number of pyridine rings is 1. The lowest BCUT2D eigenvalue weighted by atomic mass is 10.0. The number of aromatic nitrogens is 1. The van der Waals surface area contributed by atoms with E-state index in [-0.39, 0.29) is 11.5 Å². The number of aromatic hydroxyl groups is 2. The van der Waals surface area contributed by atoms with Crippen LogP contribution < -0.4 is 0 Å². The Bertz CT molecular complexity index is 1010. The molecule has 4 rings (SSSR count). The fourth-order valence-corrected chi connectivity index (χ4v) is 3.42. The molecule has 25 heavy (non-hydrogen) atoms. The van der Waals surface area contributed by atoms with Crippen LogP contribution in [0.15, 0.2) is 78.2 Å². The van der Waals surface area contributed by atoms with Crippen LogP contribution in [0.3, 0.4) is 0 Å². The highest BCUT2D eigenvalue weighted by atomic mass is 32.1. The zero-order valence-corrected chi connectivity index (χ0v) is 14.1. The van der Waals surface area contributed by atoms with E-state index in [0.717, 1.165) is 33.0 Å². The van der Waals surface area contributed by atoms with E-state index in [4.69, 9.17) is 4.98 Å². The molecule has 0 fully saturated rings. The van der Waals surface area contributed by atoms with Gasteiger partial charge in [-0.1, -0.05) is 24.3 Å². The predicted octanol–water partition coefficient (Wildman–Crippen LogP) is 5.56. The van der Waals surface area contributed by atoms with E-state index in [1.165, 1.54) is 0 Å². The fraction of sp³-hybridized carbons (Fsp3) is 0. The number of hydrogen-bond donors (Lipinski definition) is 2. The molecule has 4 heteroatoms. The number of para-hydroxylation sites is 1. The third-order valence-corrected chi connectivity index (χ3v) is 4.87. The molecule has 0 amide bonds. The maximum Gasteiger partial charge on any atom is 0.123 e. The van der Waals surface area contributed by atoms with Crippen LogP contribution in [0.25, 0.3) is 33.0 Å². The lowest BCUT2D eigenvalue weighted by Crippen LogP contribution is -1.90. The van der Waals surface area contributed by atoms with E-state index < -0.39 is 0 Å². The summed E-state index contributed by atoms with van der Waals surface area (Å²) in [5.74, 6) is 0.460. The first-order valence-corrected chi connectivity index (χ1v) is 8.72. The molecule has 0 saturated carbocycles. The van der Waals surface area contributed by atoms with Gasteiger partial charge < -0.3 is 10.2 Å². The average Bonchev–Trinajstić information content (AvgIpc) is 3.17. The Morgan fingerprint density at radius 2 is 1.48 bits per heavy atom. The Morgan fingerprint density at radius 3 is 2.20 bits per heavy atom. The van der Waals surface area contributed by atoms with Gasteiger partial charge in [-0.2, -0.15) is 0 Å². The summed E-state index contributed by atoms with van der Waals surface area (Å²) in [4.78, 5) is 5.85. The molecule has 0 bridgehead atoms. The smallest absolute Gasteiger partial charge is 0.123 e. The summed E-state index contributed by atoms with van der Waals surface area (Å²) in [5, 5.41) is 21.8. The van der Waals surface area contributed by atoms with Crippen molar-refractivity contribution in [1.82, 2.24) is 4.98 Å². The van der Waals surface area contributed by atoms with Crippen molar-refractivity contribution in [3.05, 3.63) is 78.2 Å². The minimum Gasteiger partial charge on any atom is -0.508 e. The highest BCUT2D eigenvalue weighted by Crippen LogP contribution is 2.35. The summed E-state index contributed by atoms with van der Waals surface area (Å²) < 4.78 is 0. The first-order valence-electron chi connectivity index (χ1n) is 7.84. The number of benzene rings is 2. The lowest BCUT2D eigenvalue weighted by Gasteiger charge is -2.10. The molecule has 0 atom stereocenters. The van der Waals surface area contributed by atoms with Crippen molar-refractivity contribution in [1.29, 1.82) is 0 Å². The molecule has 0 saturated heterocycles. The standard InChI is InChI=1S/C21H15NO2S/c23-16-9-7-14(8-10-16)18-12-15(17-4-1-2-5-20(17)24)13-19(22-18)21-6-3-11-25-21/h1-13,23-24H. The lowest BCUT2D eigenvalue weighted by molar-refractivity contribution is 0.475. The van der Waals surface area contributed by atoms with Gasteiger partial charge in [0.1, 0.15) is 11.5 Å². The van der Waals surface area contributed by atoms with E-state index in [1.54, 1.807) is 35.6 Å². The summed E-state index contributed by atoms with van der Waals surface area (Å²) in [7, 11) is 0. The minimum absolute atomic E-state index is 0.221.